The molecular weight excluding hydrogens is 390 g/mol. The summed E-state index contributed by atoms with van der Waals surface area (Å²) in [6.07, 6.45) is 1.37. The second-order valence-electron chi connectivity index (χ2n) is 6.64. The van der Waals surface area contributed by atoms with Gasteiger partial charge in [0, 0.05) is 11.6 Å². The summed E-state index contributed by atoms with van der Waals surface area (Å²) >= 11 is 0. The second-order valence-corrected chi connectivity index (χ2v) is 6.64. The van der Waals surface area contributed by atoms with Crippen molar-refractivity contribution in [1.29, 1.82) is 5.26 Å². The van der Waals surface area contributed by atoms with Gasteiger partial charge in [-0.25, -0.2) is 0 Å². The van der Waals surface area contributed by atoms with Crippen molar-refractivity contribution in [1.82, 2.24) is 4.90 Å². The Kier molecular flexibility index (Phi) is 5.62. The molecule has 0 radical (unpaired) electrons. The lowest BCUT2D eigenvalue weighted by Crippen LogP contribution is -2.44. The number of aliphatic hydroxyl groups excluding tert-OH is 1. The molecule has 1 aromatic carbocycles. The minimum absolute atomic E-state index is 0.0684. The first-order valence-electron chi connectivity index (χ1n) is 8.93. The third-order valence-electron chi connectivity index (χ3n) is 4.68. The zero-order valence-corrected chi connectivity index (χ0v) is 16.2. The van der Waals surface area contributed by atoms with Crippen LogP contribution in [0.15, 0.2) is 51.5 Å². The number of amides is 2. The molecule has 2 heterocycles. The molecule has 1 aromatic heterocycles. The number of nitro groups is 1. The van der Waals surface area contributed by atoms with Crippen LogP contribution in [0.4, 0.5) is 5.69 Å². The van der Waals surface area contributed by atoms with Crippen LogP contribution in [0.5, 0.6) is 0 Å². The van der Waals surface area contributed by atoms with E-state index >= 15 is 0 Å². The van der Waals surface area contributed by atoms with E-state index in [9.17, 15) is 25.0 Å². The maximum Gasteiger partial charge on any atom is 0.280 e. The van der Waals surface area contributed by atoms with Crippen molar-refractivity contribution in [2.75, 3.05) is 13.2 Å². The number of carbonyl (C=O) groups is 2. The standard InChI is InChI=1S/C21H17N3O6/c1-12-3-5-15(18(9-12)24(28)29)19-6-4-14(30-19)10-16-13(2)17(11-22)21(27)23(7-8-25)20(16)26/h3-6,9-10,25H,7-8H2,1-2H3/b16-10-. The molecule has 0 saturated carbocycles. The molecule has 152 valence electrons. The van der Waals surface area contributed by atoms with Gasteiger partial charge in [-0.15, -0.1) is 0 Å². The van der Waals surface area contributed by atoms with Gasteiger partial charge in [0.1, 0.15) is 23.2 Å². The van der Waals surface area contributed by atoms with Crippen LogP contribution in [-0.2, 0) is 9.59 Å². The van der Waals surface area contributed by atoms with Crippen molar-refractivity contribution >= 4 is 23.6 Å². The minimum Gasteiger partial charge on any atom is -0.456 e. The number of furan rings is 1. The van der Waals surface area contributed by atoms with Crippen LogP contribution in [0.1, 0.15) is 18.2 Å². The number of β-amino-alcohol motifs (C(OH)–C–C–N with tert-alkyl or cyclic N) is 1. The number of nitro benzene ring substituents is 1. The van der Waals surface area contributed by atoms with E-state index in [1.54, 1.807) is 25.1 Å². The molecule has 2 amide bonds. The van der Waals surface area contributed by atoms with E-state index in [0.717, 1.165) is 10.5 Å². The molecule has 1 N–H and O–H groups in total. The number of hydrogen-bond acceptors (Lipinski definition) is 7. The van der Waals surface area contributed by atoms with Gasteiger partial charge in [-0.2, -0.15) is 5.26 Å². The Labute approximate surface area is 171 Å². The van der Waals surface area contributed by atoms with Gasteiger partial charge in [-0.1, -0.05) is 6.07 Å². The van der Waals surface area contributed by atoms with Gasteiger partial charge in [0.25, 0.3) is 17.5 Å². The lowest BCUT2D eigenvalue weighted by molar-refractivity contribution is -0.384. The number of aliphatic hydroxyl groups is 1. The zero-order valence-electron chi connectivity index (χ0n) is 16.2. The number of rotatable bonds is 5. The molecule has 30 heavy (non-hydrogen) atoms. The summed E-state index contributed by atoms with van der Waals surface area (Å²) < 4.78 is 5.70. The van der Waals surface area contributed by atoms with Gasteiger partial charge in [0.2, 0.25) is 0 Å². The Bertz CT molecular complexity index is 1170. The molecule has 9 heteroatoms. The van der Waals surface area contributed by atoms with Gasteiger partial charge >= 0.3 is 0 Å². The van der Waals surface area contributed by atoms with E-state index in [-0.39, 0.29) is 46.0 Å². The Hall–Kier alpha value is -4.03. The van der Waals surface area contributed by atoms with Crippen LogP contribution in [0.3, 0.4) is 0 Å². The highest BCUT2D eigenvalue weighted by atomic mass is 16.6. The van der Waals surface area contributed by atoms with Crippen molar-refractivity contribution in [3.05, 3.63) is 68.5 Å². The van der Waals surface area contributed by atoms with Gasteiger partial charge < -0.3 is 9.52 Å². The summed E-state index contributed by atoms with van der Waals surface area (Å²) in [5, 5.41) is 29.8. The van der Waals surface area contributed by atoms with E-state index in [1.807, 2.05) is 0 Å². The van der Waals surface area contributed by atoms with Crippen LogP contribution >= 0.6 is 0 Å². The SMILES string of the molecule is CC1=C(C#N)C(=O)N(CCO)C(=O)/C1=C\c1ccc(-c2ccc(C)cc2[N+](=O)[O-])o1. The molecule has 0 fully saturated rings. The number of imide groups is 1. The van der Waals surface area contributed by atoms with E-state index in [4.69, 9.17) is 9.52 Å². The van der Waals surface area contributed by atoms with Gasteiger partial charge in [0.05, 0.1) is 23.6 Å². The number of hydrogen-bond donors (Lipinski definition) is 1. The predicted molar refractivity (Wildman–Crippen MR) is 106 cm³/mol. The van der Waals surface area contributed by atoms with Crippen molar-refractivity contribution in [3.63, 3.8) is 0 Å². The van der Waals surface area contributed by atoms with E-state index in [2.05, 4.69) is 0 Å². The quantitative estimate of drug-likeness (QED) is 0.348. The van der Waals surface area contributed by atoms with Crippen LogP contribution in [-0.4, -0.2) is 39.9 Å². The molecule has 0 unspecified atom stereocenters. The zero-order chi connectivity index (χ0) is 22.0. The number of aryl methyl sites for hydroxylation is 1. The molecular formula is C21H17N3O6. The highest BCUT2D eigenvalue weighted by Crippen LogP contribution is 2.33. The molecule has 9 nitrogen and oxygen atoms in total. The number of nitriles is 1. The monoisotopic (exact) mass is 407 g/mol. The minimum atomic E-state index is -0.762. The topological polar surface area (TPSA) is 138 Å². The largest absolute Gasteiger partial charge is 0.456 e. The summed E-state index contributed by atoms with van der Waals surface area (Å²) in [7, 11) is 0. The Morgan fingerprint density at radius 2 is 1.97 bits per heavy atom. The van der Waals surface area contributed by atoms with E-state index in [1.165, 1.54) is 31.2 Å². The van der Waals surface area contributed by atoms with Gasteiger partial charge in [0.15, 0.2) is 0 Å². The number of carbonyl (C=O) groups excluding carboxylic acids is 2. The molecule has 1 aliphatic heterocycles. The normalized spacial score (nSPS) is 15.7. The molecule has 0 atom stereocenters. The van der Waals surface area contributed by atoms with Crippen LogP contribution in [0.2, 0.25) is 0 Å². The fourth-order valence-corrected chi connectivity index (χ4v) is 3.15. The fraction of sp³-hybridized carbons (Fsp3) is 0.190. The number of nitrogens with zero attached hydrogens (tertiary/aromatic N) is 3. The predicted octanol–water partition coefficient (Wildman–Crippen LogP) is 2.75. The van der Waals surface area contributed by atoms with Crippen LogP contribution < -0.4 is 0 Å². The second kappa shape index (κ2) is 8.14. The molecule has 1 aliphatic rings. The molecule has 2 aromatic rings. The van der Waals surface area contributed by atoms with E-state index < -0.39 is 23.3 Å². The van der Waals surface area contributed by atoms with Crippen molar-refractivity contribution in [2.45, 2.75) is 13.8 Å². The summed E-state index contributed by atoms with van der Waals surface area (Å²) in [4.78, 5) is 36.7. The lowest BCUT2D eigenvalue weighted by atomic mass is 9.95. The summed E-state index contributed by atoms with van der Waals surface area (Å²) in [5.41, 5.74) is 0.966. The molecule has 3 rings (SSSR count). The maximum absolute atomic E-state index is 12.7. The number of benzene rings is 1. The average molecular weight is 407 g/mol. The third-order valence-corrected chi connectivity index (χ3v) is 4.68. The average Bonchev–Trinajstić information content (AvgIpc) is 3.17. The molecule has 0 aliphatic carbocycles. The Morgan fingerprint density at radius 3 is 2.60 bits per heavy atom. The van der Waals surface area contributed by atoms with Crippen LogP contribution in [0, 0.1) is 28.4 Å². The van der Waals surface area contributed by atoms with Crippen molar-refractivity contribution in [2.24, 2.45) is 0 Å². The molecule has 0 saturated heterocycles. The fourth-order valence-electron chi connectivity index (χ4n) is 3.15. The molecule has 0 bridgehead atoms. The lowest BCUT2D eigenvalue weighted by Gasteiger charge is -2.26. The first kappa shape index (κ1) is 20.7. The van der Waals surface area contributed by atoms with Crippen molar-refractivity contribution in [3.8, 4) is 17.4 Å². The maximum atomic E-state index is 12.7. The summed E-state index contributed by atoms with van der Waals surface area (Å²) in [6.45, 7) is 2.53. The van der Waals surface area contributed by atoms with Crippen LogP contribution in [0.25, 0.3) is 17.4 Å². The Balaban J connectivity index is 2.07. The van der Waals surface area contributed by atoms with Gasteiger partial charge in [-0.05, 0) is 49.3 Å². The van der Waals surface area contributed by atoms with E-state index in [0.29, 0.717) is 0 Å². The summed E-state index contributed by atoms with van der Waals surface area (Å²) in [6, 6.07) is 9.60. The third kappa shape index (κ3) is 3.64. The first-order chi connectivity index (χ1) is 14.3. The van der Waals surface area contributed by atoms with Gasteiger partial charge in [-0.3, -0.25) is 24.6 Å². The highest BCUT2D eigenvalue weighted by molar-refractivity contribution is 6.19. The summed E-state index contributed by atoms with van der Waals surface area (Å²) in [5.74, 6) is -0.966. The molecule has 0 spiro atoms. The highest BCUT2D eigenvalue weighted by Gasteiger charge is 2.35. The van der Waals surface area contributed by atoms with Crippen molar-refractivity contribution < 1.29 is 24.0 Å². The smallest absolute Gasteiger partial charge is 0.280 e. The first-order valence-corrected chi connectivity index (χ1v) is 8.93. The Morgan fingerprint density at radius 1 is 1.23 bits per heavy atom.